The maximum atomic E-state index is 12.8. The van der Waals surface area contributed by atoms with E-state index in [1.165, 1.54) is 4.90 Å². The first-order chi connectivity index (χ1) is 13.6. The van der Waals surface area contributed by atoms with Crippen molar-refractivity contribution >= 4 is 29.1 Å². The first-order valence-corrected chi connectivity index (χ1v) is 9.52. The van der Waals surface area contributed by atoms with Crippen LogP contribution in [-0.2, 0) is 9.59 Å². The molecule has 1 saturated carbocycles. The highest BCUT2D eigenvalue weighted by molar-refractivity contribution is 6.22. The zero-order chi connectivity index (χ0) is 19.7. The van der Waals surface area contributed by atoms with Gasteiger partial charge in [-0.3, -0.25) is 19.3 Å². The molecule has 0 radical (unpaired) electrons. The molecule has 1 heterocycles. The lowest BCUT2D eigenvalue weighted by Crippen LogP contribution is -2.31. The number of nitrogens with zero attached hydrogens (tertiary/aromatic N) is 1. The monoisotopic (exact) mass is 378 g/mol. The number of methoxy groups -OCH3 is 1. The molecule has 2 atom stereocenters. The van der Waals surface area contributed by atoms with E-state index >= 15 is 0 Å². The normalized spacial score (nSPS) is 21.4. The van der Waals surface area contributed by atoms with Gasteiger partial charge in [-0.25, -0.2) is 0 Å². The van der Waals surface area contributed by atoms with Crippen LogP contribution in [0.15, 0.2) is 48.5 Å². The van der Waals surface area contributed by atoms with Gasteiger partial charge in [0.05, 0.1) is 24.6 Å². The van der Waals surface area contributed by atoms with Crippen molar-refractivity contribution in [1.82, 2.24) is 0 Å². The van der Waals surface area contributed by atoms with Crippen molar-refractivity contribution in [2.24, 2.45) is 11.8 Å². The summed E-state index contributed by atoms with van der Waals surface area (Å²) in [6.07, 6.45) is 3.50. The van der Waals surface area contributed by atoms with Crippen molar-refractivity contribution in [1.29, 1.82) is 0 Å². The minimum Gasteiger partial charge on any atom is -0.497 e. The maximum Gasteiger partial charge on any atom is 0.255 e. The molecule has 28 heavy (non-hydrogen) atoms. The molecular weight excluding hydrogens is 356 g/mol. The molecule has 0 spiro atoms. The van der Waals surface area contributed by atoms with Crippen molar-refractivity contribution < 1.29 is 19.1 Å². The van der Waals surface area contributed by atoms with Crippen molar-refractivity contribution in [3.05, 3.63) is 54.1 Å². The van der Waals surface area contributed by atoms with Crippen LogP contribution in [0.3, 0.4) is 0 Å². The van der Waals surface area contributed by atoms with Gasteiger partial charge >= 0.3 is 0 Å². The molecule has 6 heteroatoms. The third-order valence-electron chi connectivity index (χ3n) is 5.56. The first kappa shape index (κ1) is 18.2. The third-order valence-corrected chi connectivity index (χ3v) is 5.56. The quantitative estimate of drug-likeness (QED) is 0.825. The lowest BCUT2D eigenvalue weighted by Gasteiger charge is -2.19. The number of carbonyl (C=O) groups excluding carboxylic acids is 3. The van der Waals surface area contributed by atoms with E-state index in [0.717, 1.165) is 25.7 Å². The van der Waals surface area contributed by atoms with Gasteiger partial charge in [-0.15, -0.1) is 0 Å². The maximum absolute atomic E-state index is 12.8. The minimum atomic E-state index is -0.302. The van der Waals surface area contributed by atoms with Crippen molar-refractivity contribution in [3.8, 4) is 5.75 Å². The van der Waals surface area contributed by atoms with Crippen LogP contribution >= 0.6 is 0 Å². The summed E-state index contributed by atoms with van der Waals surface area (Å²) in [4.78, 5) is 39.4. The van der Waals surface area contributed by atoms with E-state index in [9.17, 15) is 14.4 Å². The van der Waals surface area contributed by atoms with Gasteiger partial charge in [0.1, 0.15) is 5.75 Å². The molecule has 144 valence electrons. The summed E-state index contributed by atoms with van der Waals surface area (Å²) in [5.74, 6) is -0.295. The summed E-state index contributed by atoms with van der Waals surface area (Å²) in [7, 11) is 1.58. The van der Waals surface area contributed by atoms with Gasteiger partial charge in [0.2, 0.25) is 11.8 Å². The number of nitrogens with one attached hydrogen (secondary N) is 1. The fraction of sp³-hybridized carbons (Fsp3) is 0.318. The number of carbonyl (C=O) groups is 3. The largest absolute Gasteiger partial charge is 0.497 e. The summed E-state index contributed by atoms with van der Waals surface area (Å²) < 4.78 is 5.11. The van der Waals surface area contributed by atoms with E-state index in [2.05, 4.69) is 5.32 Å². The SMILES string of the molecule is COc1ccc(NC(=O)c2cccc(N3C(=O)C4CCCCC4C3=O)c2)cc1. The molecule has 2 unspecified atom stereocenters. The van der Waals surface area contributed by atoms with Crippen LogP contribution in [0.5, 0.6) is 5.75 Å². The van der Waals surface area contributed by atoms with Gasteiger partial charge in [0.15, 0.2) is 0 Å². The predicted octanol–water partition coefficient (Wildman–Crippen LogP) is 3.63. The van der Waals surface area contributed by atoms with E-state index in [4.69, 9.17) is 4.74 Å². The van der Waals surface area contributed by atoms with Crippen LogP contribution in [0.25, 0.3) is 0 Å². The lowest BCUT2D eigenvalue weighted by atomic mass is 9.81. The number of fused-ring (bicyclic) bond motifs is 1. The summed E-state index contributed by atoms with van der Waals surface area (Å²) in [6.45, 7) is 0. The highest BCUT2D eigenvalue weighted by Gasteiger charge is 2.48. The first-order valence-electron chi connectivity index (χ1n) is 9.52. The number of amides is 3. The fourth-order valence-electron chi connectivity index (χ4n) is 4.08. The molecule has 2 fully saturated rings. The molecule has 1 aliphatic carbocycles. The van der Waals surface area contributed by atoms with Crippen LogP contribution < -0.4 is 15.0 Å². The van der Waals surface area contributed by atoms with E-state index in [1.54, 1.807) is 55.6 Å². The standard InChI is InChI=1S/C22H22N2O4/c1-28-17-11-9-15(10-12-17)23-20(25)14-5-4-6-16(13-14)24-21(26)18-7-2-3-8-19(18)22(24)27/h4-6,9-13,18-19H,2-3,7-8H2,1H3,(H,23,25). The minimum absolute atomic E-state index is 0.137. The Labute approximate surface area is 163 Å². The van der Waals surface area contributed by atoms with E-state index in [0.29, 0.717) is 22.7 Å². The van der Waals surface area contributed by atoms with Crippen molar-refractivity contribution in [2.75, 3.05) is 17.3 Å². The van der Waals surface area contributed by atoms with Gasteiger partial charge in [-0.2, -0.15) is 0 Å². The molecule has 6 nitrogen and oxygen atoms in total. The Morgan fingerprint density at radius 2 is 1.64 bits per heavy atom. The Kier molecular flexibility index (Phi) is 4.86. The molecule has 2 aliphatic rings. The Balaban J connectivity index is 1.54. The third kappa shape index (κ3) is 3.26. The number of hydrogen-bond donors (Lipinski definition) is 1. The van der Waals surface area contributed by atoms with Gasteiger partial charge in [0.25, 0.3) is 5.91 Å². The summed E-state index contributed by atoms with van der Waals surface area (Å²) in [5.41, 5.74) is 1.49. The second kappa shape index (κ2) is 7.46. The Morgan fingerprint density at radius 3 is 2.25 bits per heavy atom. The van der Waals surface area contributed by atoms with Crippen LogP contribution in [0.2, 0.25) is 0 Å². The summed E-state index contributed by atoms with van der Waals surface area (Å²) in [5, 5.41) is 2.82. The second-order valence-electron chi connectivity index (χ2n) is 7.24. The zero-order valence-corrected chi connectivity index (χ0v) is 15.7. The number of benzene rings is 2. The lowest BCUT2D eigenvalue weighted by molar-refractivity contribution is -0.122. The number of anilines is 2. The number of imide groups is 1. The highest BCUT2D eigenvalue weighted by Crippen LogP contribution is 2.40. The number of ether oxygens (including phenoxy) is 1. The molecule has 1 N–H and O–H groups in total. The molecule has 2 aromatic carbocycles. The fourth-order valence-corrected chi connectivity index (χ4v) is 4.08. The van der Waals surface area contributed by atoms with E-state index in [1.807, 2.05) is 0 Å². The molecular formula is C22H22N2O4. The highest BCUT2D eigenvalue weighted by atomic mass is 16.5. The number of hydrogen-bond acceptors (Lipinski definition) is 4. The molecule has 0 bridgehead atoms. The molecule has 4 rings (SSSR count). The summed E-state index contributed by atoms with van der Waals surface area (Å²) >= 11 is 0. The van der Waals surface area contributed by atoms with Gasteiger partial charge in [0, 0.05) is 11.3 Å². The van der Waals surface area contributed by atoms with Gasteiger partial charge in [-0.05, 0) is 55.3 Å². The van der Waals surface area contributed by atoms with Crippen LogP contribution in [-0.4, -0.2) is 24.8 Å². The molecule has 1 aliphatic heterocycles. The smallest absolute Gasteiger partial charge is 0.255 e. The molecule has 0 aromatic heterocycles. The van der Waals surface area contributed by atoms with Gasteiger partial charge < -0.3 is 10.1 Å². The van der Waals surface area contributed by atoms with Crippen LogP contribution in [0.4, 0.5) is 11.4 Å². The Hall–Kier alpha value is -3.15. The Morgan fingerprint density at radius 1 is 1.00 bits per heavy atom. The molecule has 2 aromatic rings. The van der Waals surface area contributed by atoms with E-state index in [-0.39, 0.29) is 29.6 Å². The average molecular weight is 378 g/mol. The Bertz CT molecular complexity index is 898. The topological polar surface area (TPSA) is 75.7 Å². The van der Waals surface area contributed by atoms with Crippen molar-refractivity contribution in [3.63, 3.8) is 0 Å². The van der Waals surface area contributed by atoms with Crippen molar-refractivity contribution in [2.45, 2.75) is 25.7 Å². The zero-order valence-electron chi connectivity index (χ0n) is 15.7. The predicted molar refractivity (Wildman–Crippen MR) is 105 cm³/mol. The van der Waals surface area contributed by atoms with E-state index < -0.39 is 0 Å². The second-order valence-corrected chi connectivity index (χ2v) is 7.24. The van der Waals surface area contributed by atoms with Crippen LogP contribution in [0, 0.1) is 11.8 Å². The average Bonchev–Trinajstić information content (AvgIpc) is 2.99. The summed E-state index contributed by atoms with van der Waals surface area (Å²) in [6, 6.07) is 13.7. The van der Waals surface area contributed by atoms with Gasteiger partial charge in [-0.1, -0.05) is 18.9 Å². The molecule has 3 amide bonds. The van der Waals surface area contributed by atoms with Crippen LogP contribution in [0.1, 0.15) is 36.0 Å². The number of rotatable bonds is 4. The molecule has 1 saturated heterocycles.